The van der Waals surface area contributed by atoms with Crippen LogP contribution in [-0.2, 0) is 6.54 Å². The van der Waals surface area contributed by atoms with Crippen LogP contribution in [0.25, 0.3) is 0 Å². The van der Waals surface area contributed by atoms with Gasteiger partial charge in [0, 0.05) is 25.5 Å². The van der Waals surface area contributed by atoms with E-state index in [-0.39, 0.29) is 6.10 Å². The van der Waals surface area contributed by atoms with E-state index in [0.29, 0.717) is 5.92 Å². The summed E-state index contributed by atoms with van der Waals surface area (Å²) in [6.45, 7) is 4.47. The van der Waals surface area contributed by atoms with Gasteiger partial charge in [0.15, 0.2) is 0 Å². The molecular formula is C10H15N3O. The van der Waals surface area contributed by atoms with E-state index >= 15 is 0 Å². The van der Waals surface area contributed by atoms with Gasteiger partial charge in [0.1, 0.15) is 5.82 Å². The molecule has 4 nitrogen and oxygen atoms in total. The average Bonchev–Trinajstić information content (AvgIpc) is 2.47. The summed E-state index contributed by atoms with van der Waals surface area (Å²) in [6, 6.07) is 1.81. The molecule has 2 unspecified atom stereocenters. The normalized spacial score (nSPS) is 28.1. The van der Waals surface area contributed by atoms with Crippen LogP contribution in [0.1, 0.15) is 12.7 Å². The number of aliphatic hydroxyl groups excluding tert-OH is 1. The first-order chi connectivity index (χ1) is 6.75. The van der Waals surface area contributed by atoms with Crippen molar-refractivity contribution in [3.05, 3.63) is 24.3 Å². The summed E-state index contributed by atoms with van der Waals surface area (Å²) in [6.07, 6.45) is 3.30. The first-order valence-corrected chi connectivity index (χ1v) is 4.92. The molecule has 2 atom stereocenters. The van der Waals surface area contributed by atoms with Crippen LogP contribution in [0.3, 0.4) is 0 Å². The molecule has 4 heteroatoms. The zero-order chi connectivity index (χ0) is 9.97. The Morgan fingerprint density at radius 1 is 1.43 bits per heavy atom. The highest BCUT2D eigenvalue weighted by atomic mass is 16.3. The molecule has 2 heterocycles. The van der Waals surface area contributed by atoms with Crippen molar-refractivity contribution >= 4 is 0 Å². The molecule has 76 valence electrons. The van der Waals surface area contributed by atoms with Crippen LogP contribution >= 0.6 is 0 Å². The number of nitrogens with zero attached hydrogens (tertiary/aromatic N) is 3. The molecule has 0 aromatic carbocycles. The van der Waals surface area contributed by atoms with Crippen molar-refractivity contribution in [3.8, 4) is 0 Å². The highest BCUT2D eigenvalue weighted by Crippen LogP contribution is 2.17. The maximum absolute atomic E-state index is 9.56. The quantitative estimate of drug-likeness (QED) is 0.733. The number of hydrogen-bond donors (Lipinski definition) is 1. The summed E-state index contributed by atoms with van der Waals surface area (Å²) in [5, 5.41) is 9.56. The van der Waals surface area contributed by atoms with Crippen molar-refractivity contribution in [2.75, 3.05) is 13.1 Å². The smallest absolute Gasteiger partial charge is 0.142 e. The minimum atomic E-state index is -0.196. The lowest BCUT2D eigenvalue weighted by molar-refractivity contribution is 0.147. The summed E-state index contributed by atoms with van der Waals surface area (Å²) >= 11 is 0. The minimum Gasteiger partial charge on any atom is -0.391 e. The van der Waals surface area contributed by atoms with E-state index in [1.807, 2.05) is 6.07 Å². The van der Waals surface area contributed by atoms with E-state index in [2.05, 4.69) is 21.8 Å². The predicted octanol–water partition coefficient (Wildman–Crippen LogP) is 0.289. The van der Waals surface area contributed by atoms with E-state index in [9.17, 15) is 5.11 Å². The van der Waals surface area contributed by atoms with Gasteiger partial charge in [-0.15, -0.1) is 0 Å². The van der Waals surface area contributed by atoms with E-state index in [1.165, 1.54) is 0 Å². The third-order valence-corrected chi connectivity index (χ3v) is 2.63. The zero-order valence-electron chi connectivity index (χ0n) is 8.30. The van der Waals surface area contributed by atoms with Crippen LogP contribution < -0.4 is 0 Å². The Hall–Kier alpha value is -1.00. The Labute approximate surface area is 83.6 Å². The molecule has 1 saturated heterocycles. The SMILES string of the molecule is CC1CN(Cc2ncccn2)CC1O. The summed E-state index contributed by atoms with van der Waals surface area (Å²) in [4.78, 5) is 10.5. The highest BCUT2D eigenvalue weighted by Gasteiger charge is 2.27. The first-order valence-electron chi connectivity index (χ1n) is 4.92. The molecule has 1 fully saturated rings. The van der Waals surface area contributed by atoms with Gasteiger partial charge in [-0.2, -0.15) is 0 Å². The monoisotopic (exact) mass is 193 g/mol. The summed E-state index contributed by atoms with van der Waals surface area (Å²) in [5.74, 6) is 1.19. The van der Waals surface area contributed by atoms with Crippen LogP contribution in [0.5, 0.6) is 0 Å². The molecule has 1 aliphatic heterocycles. The fraction of sp³-hybridized carbons (Fsp3) is 0.600. The molecule has 0 saturated carbocycles. The summed E-state index contributed by atoms with van der Waals surface area (Å²) in [5.41, 5.74) is 0. The van der Waals surface area contributed by atoms with Crippen LogP contribution in [0, 0.1) is 5.92 Å². The topological polar surface area (TPSA) is 49.2 Å². The molecular weight excluding hydrogens is 178 g/mol. The number of aromatic nitrogens is 2. The number of β-amino-alcohol motifs (C(OH)–C–C–N with tert-alkyl or cyclic N) is 1. The largest absolute Gasteiger partial charge is 0.391 e. The van der Waals surface area contributed by atoms with Crippen molar-refractivity contribution in [2.45, 2.75) is 19.6 Å². The van der Waals surface area contributed by atoms with Gasteiger partial charge in [-0.3, -0.25) is 4.90 Å². The highest BCUT2D eigenvalue weighted by molar-refractivity contribution is 4.91. The molecule has 0 aliphatic carbocycles. The molecule has 1 aliphatic rings. The molecule has 2 rings (SSSR count). The third kappa shape index (κ3) is 2.08. The second-order valence-corrected chi connectivity index (χ2v) is 3.90. The third-order valence-electron chi connectivity index (χ3n) is 2.63. The minimum absolute atomic E-state index is 0.196. The van der Waals surface area contributed by atoms with Crippen molar-refractivity contribution in [3.63, 3.8) is 0 Å². The number of likely N-dealkylation sites (tertiary alicyclic amines) is 1. The van der Waals surface area contributed by atoms with Crippen LogP contribution in [-0.4, -0.2) is 39.2 Å². The van der Waals surface area contributed by atoms with E-state index in [1.54, 1.807) is 12.4 Å². The lowest BCUT2D eigenvalue weighted by Crippen LogP contribution is -2.22. The van der Waals surface area contributed by atoms with E-state index in [4.69, 9.17) is 0 Å². The Morgan fingerprint density at radius 2 is 2.14 bits per heavy atom. The molecule has 0 radical (unpaired) electrons. The fourth-order valence-corrected chi connectivity index (χ4v) is 1.79. The number of rotatable bonds is 2. The maximum atomic E-state index is 9.56. The summed E-state index contributed by atoms with van der Waals surface area (Å²) in [7, 11) is 0. The molecule has 0 spiro atoms. The van der Waals surface area contributed by atoms with Gasteiger partial charge >= 0.3 is 0 Å². The first kappa shape index (κ1) is 9.55. The Morgan fingerprint density at radius 3 is 2.71 bits per heavy atom. The average molecular weight is 193 g/mol. The fourth-order valence-electron chi connectivity index (χ4n) is 1.79. The molecule has 14 heavy (non-hydrogen) atoms. The van der Waals surface area contributed by atoms with Crippen molar-refractivity contribution in [2.24, 2.45) is 5.92 Å². The van der Waals surface area contributed by atoms with Gasteiger partial charge in [-0.25, -0.2) is 9.97 Å². The standard InChI is InChI=1S/C10H15N3O/c1-8-5-13(6-9(8)14)7-10-11-3-2-4-12-10/h2-4,8-9,14H,5-7H2,1H3. The van der Waals surface area contributed by atoms with Crippen LogP contribution in [0.4, 0.5) is 0 Å². The Kier molecular flexibility index (Phi) is 2.74. The molecule has 1 aromatic heterocycles. The number of aliphatic hydroxyl groups is 1. The lowest BCUT2D eigenvalue weighted by Gasteiger charge is -2.12. The second-order valence-electron chi connectivity index (χ2n) is 3.90. The van der Waals surface area contributed by atoms with Crippen molar-refractivity contribution in [1.29, 1.82) is 0 Å². The van der Waals surface area contributed by atoms with Crippen molar-refractivity contribution in [1.82, 2.24) is 14.9 Å². The molecule has 0 bridgehead atoms. The van der Waals surface area contributed by atoms with Gasteiger partial charge < -0.3 is 5.11 Å². The second kappa shape index (κ2) is 4.02. The predicted molar refractivity (Wildman–Crippen MR) is 52.5 cm³/mol. The van der Waals surface area contributed by atoms with Gasteiger partial charge in [0.2, 0.25) is 0 Å². The van der Waals surface area contributed by atoms with E-state index in [0.717, 1.165) is 25.5 Å². The Bertz CT molecular complexity index is 281. The zero-order valence-corrected chi connectivity index (χ0v) is 8.30. The van der Waals surface area contributed by atoms with Crippen LogP contribution in [0.15, 0.2) is 18.5 Å². The molecule has 0 amide bonds. The van der Waals surface area contributed by atoms with Gasteiger partial charge in [-0.1, -0.05) is 6.92 Å². The van der Waals surface area contributed by atoms with Crippen molar-refractivity contribution < 1.29 is 5.11 Å². The molecule has 1 aromatic rings. The van der Waals surface area contributed by atoms with Gasteiger partial charge in [-0.05, 0) is 12.0 Å². The van der Waals surface area contributed by atoms with Crippen LogP contribution in [0.2, 0.25) is 0 Å². The Balaban J connectivity index is 1.94. The number of hydrogen-bond acceptors (Lipinski definition) is 4. The van der Waals surface area contributed by atoms with E-state index < -0.39 is 0 Å². The molecule has 1 N–H and O–H groups in total. The van der Waals surface area contributed by atoms with Gasteiger partial charge in [0.05, 0.1) is 12.6 Å². The lowest BCUT2D eigenvalue weighted by atomic mass is 10.1. The summed E-state index contributed by atoms with van der Waals surface area (Å²) < 4.78 is 0. The van der Waals surface area contributed by atoms with Gasteiger partial charge in [0.25, 0.3) is 0 Å². The maximum Gasteiger partial charge on any atom is 0.142 e.